The van der Waals surface area contributed by atoms with Crippen LogP contribution < -0.4 is 10.6 Å². The Morgan fingerprint density at radius 1 is 1.15 bits per heavy atom. The van der Waals surface area contributed by atoms with Crippen LogP contribution in [0.25, 0.3) is 11.2 Å². The molecular weight excluding hydrogens is 515 g/mol. The lowest BCUT2D eigenvalue weighted by Gasteiger charge is -2.39. The summed E-state index contributed by atoms with van der Waals surface area (Å²) < 4.78 is 44.2. The number of aliphatic hydroxyl groups is 2. The number of nitrogens with zero attached hydrogens (tertiary/aromatic N) is 5. The molecule has 1 aliphatic heterocycles. The zero-order valence-electron chi connectivity index (χ0n) is 21.8. The van der Waals surface area contributed by atoms with Gasteiger partial charge in [0, 0.05) is 30.8 Å². The first-order chi connectivity index (χ1) is 18.6. The van der Waals surface area contributed by atoms with Crippen LogP contribution in [0.4, 0.5) is 30.8 Å². The third-order valence-corrected chi connectivity index (χ3v) is 7.49. The fraction of sp³-hybridized carbons (Fsp3) is 0.538. The number of fused-ring (bicyclic) bond motifs is 1. The average molecular weight is 548 g/mol. The molecule has 2 aromatic heterocycles. The summed E-state index contributed by atoms with van der Waals surface area (Å²) in [5.41, 5.74) is -1.37. The number of carbonyl (C=O) groups excluding carboxylic acids is 1. The van der Waals surface area contributed by atoms with E-state index >= 15 is 0 Å². The predicted octanol–water partition coefficient (Wildman–Crippen LogP) is 3.64. The fourth-order valence-electron chi connectivity index (χ4n) is 5.54. The third kappa shape index (κ3) is 5.24. The van der Waals surface area contributed by atoms with Crippen molar-refractivity contribution in [3.05, 3.63) is 35.8 Å². The number of hydrogen-bond donors (Lipinski definition) is 4. The second-order valence-corrected chi connectivity index (χ2v) is 10.6. The molecule has 1 saturated heterocycles. The van der Waals surface area contributed by atoms with Crippen molar-refractivity contribution in [3.63, 3.8) is 0 Å². The van der Waals surface area contributed by atoms with Crippen LogP contribution >= 0.6 is 0 Å². The number of benzene rings is 1. The van der Waals surface area contributed by atoms with Crippen LogP contribution in [0.2, 0.25) is 0 Å². The van der Waals surface area contributed by atoms with E-state index in [0.29, 0.717) is 55.1 Å². The molecule has 3 aromatic rings. The number of hydrogen-bond acceptors (Lipinski definition) is 8. The van der Waals surface area contributed by atoms with Crippen molar-refractivity contribution in [2.75, 3.05) is 23.8 Å². The van der Waals surface area contributed by atoms with Gasteiger partial charge in [-0.25, -0.2) is 23.1 Å². The van der Waals surface area contributed by atoms with Gasteiger partial charge in [0.15, 0.2) is 17.3 Å². The van der Waals surface area contributed by atoms with Crippen LogP contribution in [0.3, 0.4) is 0 Å². The highest BCUT2D eigenvalue weighted by Gasteiger charge is 2.45. The lowest BCUT2D eigenvalue weighted by atomic mass is 9.81. The largest absolute Gasteiger partial charge is 0.394 e. The molecule has 1 aromatic carbocycles. The van der Waals surface area contributed by atoms with Crippen molar-refractivity contribution in [2.45, 2.75) is 76.1 Å². The van der Waals surface area contributed by atoms with Crippen molar-refractivity contribution in [1.82, 2.24) is 24.4 Å². The Bertz CT molecular complexity index is 1350. The number of halogens is 3. The first-order valence-corrected chi connectivity index (χ1v) is 13.2. The zero-order valence-corrected chi connectivity index (χ0v) is 21.8. The lowest BCUT2D eigenvalue weighted by Crippen LogP contribution is -2.53. The van der Waals surface area contributed by atoms with E-state index in [1.54, 1.807) is 9.47 Å². The number of nitrogens with one attached hydrogen (secondary N) is 2. The summed E-state index contributed by atoms with van der Waals surface area (Å²) in [5, 5.41) is 26.7. The Labute approximate surface area is 223 Å². The van der Waals surface area contributed by atoms with E-state index < -0.39 is 28.7 Å². The van der Waals surface area contributed by atoms with E-state index in [0.717, 1.165) is 6.42 Å². The van der Waals surface area contributed by atoms with Gasteiger partial charge in [0.1, 0.15) is 22.6 Å². The smallest absolute Gasteiger partial charge is 0.254 e. The van der Waals surface area contributed by atoms with Gasteiger partial charge in [-0.05, 0) is 52.4 Å². The van der Waals surface area contributed by atoms with Crippen molar-refractivity contribution < 1.29 is 28.2 Å². The topological polar surface area (TPSA) is 128 Å². The van der Waals surface area contributed by atoms with Crippen LogP contribution in [0.1, 0.15) is 58.4 Å². The van der Waals surface area contributed by atoms with E-state index in [-0.39, 0.29) is 49.4 Å². The molecule has 5 rings (SSSR count). The van der Waals surface area contributed by atoms with Gasteiger partial charge in [-0.3, -0.25) is 9.36 Å². The highest BCUT2D eigenvalue weighted by atomic mass is 19.1. The summed E-state index contributed by atoms with van der Waals surface area (Å²) in [6.45, 7) is 4.20. The Hall–Kier alpha value is -3.45. The monoisotopic (exact) mass is 547 g/mol. The van der Waals surface area contributed by atoms with Gasteiger partial charge in [-0.2, -0.15) is 4.98 Å². The number of likely N-dealkylation sites (tertiary alicyclic amines) is 1. The first kappa shape index (κ1) is 27.1. The summed E-state index contributed by atoms with van der Waals surface area (Å²) in [7, 11) is 0. The van der Waals surface area contributed by atoms with Crippen LogP contribution in [0, 0.1) is 17.5 Å². The SMILES string of the molecule is CC(C)Nc1ncc2nc(Nc3c(F)cc(F)cc3F)n([C@H]3CC[C@@](O)(C(=O)N4CCC[C@H]4CO)CC3)c2n1. The molecule has 10 nitrogen and oxygen atoms in total. The number of amides is 1. The van der Waals surface area contributed by atoms with Crippen LogP contribution in [-0.2, 0) is 4.79 Å². The second kappa shape index (κ2) is 10.6. The molecular formula is C26H32F3N7O3. The molecule has 1 amide bonds. The minimum Gasteiger partial charge on any atom is -0.394 e. The molecule has 0 bridgehead atoms. The summed E-state index contributed by atoms with van der Waals surface area (Å²) in [6.07, 6.45) is 3.96. The summed E-state index contributed by atoms with van der Waals surface area (Å²) in [6, 6.07) is 0.575. The van der Waals surface area contributed by atoms with Gasteiger partial charge in [-0.15, -0.1) is 0 Å². The molecule has 1 aliphatic carbocycles. The van der Waals surface area contributed by atoms with E-state index in [2.05, 4.69) is 25.6 Å². The van der Waals surface area contributed by atoms with Gasteiger partial charge in [0.25, 0.3) is 5.91 Å². The number of carbonyl (C=O) groups is 1. The van der Waals surface area contributed by atoms with Crippen LogP contribution in [-0.4, -0.2) is 71.4 Å². The second-order valence-electron chi connectivity index (χ2n) is 10.6. The third-order valence-electron chi connectivity index (χ3n) is 7.49. The highest BCUT2D eigenvalue weighted by Crippen LogP contribution is 2.40. The van der Waals surface area contributed by atoms with Gasteiger partial charge >= 0.3 is 0 Å². The quantitative estimate of drug-likeness (QED) is 0.353. The number of aromatic nitrogens is 4. The molecule has 0 radical (unpaired) electrons. The van der Waals surface area contributed by atoms with Gasteiger partial charge in [0.05, 0.1) is 18.8 Å². The molecule has 39 heavy (non-hydrogen) atoms. The molecule has 2 aliphatic rings. The molecule has 1 saturated carbocycles. The molecule has 13 heteroatoms. The van der Waals surface area contributed by atoms with E-state index in [1.807, 2.05) is 13.8 Å². The molecule has 0 spiro atoms. The van der Waals surface area contributed by atoms with Crippen molar-refractivity contribution in [2.24, 2.45) is 0 Å². The van der Waals surface area contributed by atoms with E-state index in [1.165, 1.54) is 6.20 Å². The Balaban J connectivity index is 1.48. The van der Waals surface area contributed by atoms with Gasteiger partial charge in [0.2, 0.25) is 11.9 Å². The Morgan fingerprint density at radius 2 is 1.85 bits per heavy atom. The number of aliphatic hydroxyl groups excluding tert-OH is 1. The van der Waals surface area contributed by atoms with Crippen molar-refractivity contribution >= 4 is 34.7 Å². The van der Waals surface area contributed by atoms with Crippen molar-refractivity contribution in [1.29, 1.82) is 0 Å². The predicted molar refractivity (Wildman–Crippen MR) is 138 cm³/mol. The molecule has 2 fully saturated rings. The first-order valence-electron chi connectivity index (χ1n) is 13.2. The highest BCUT2D eigenvalue weighted by molar-refractivity contribution is 5.85. The average Bonchev–Trinajstić information content (AvgIpc) is 3.50. The summed E-state index contributed by atoms with van der Waals surface area (Å²) >= 11 is 0. The van der Waals surface area contributed by atoms with E-state index in [4.69, 9.17) is 0 Å². The van der Waals surface area contributed by atoms with Crippen LogP contribution in [0.5, 0.6) is 0 Å². The van der Waals surface area contributed by atoms with Gasteiger partial charge in [-0.1, -0.05) is 0 Å². The number of anilines is 3. The maximum Gasteiger partial charge on any atom is 0.254 e. The minimum atomic E-state index is -1.58. The maximum absolute atomic E-state index is 14.5. The Kier molecular flexibility index (Phi) is 7.38. The summed E-state index contributed by atoms with van der Waals surface area (Å²) in [5.74, 6) is -3.24. The minimum absolute atomic E-state index is 0.0443. The molecule has 3 heterocycles. The Morgan fingerprint density at radius 3 is 2.49 bits per heavy atom. The molecule has 1 atom stereocenters. The van der Waals surface area contributed by atoms with Crippen LogP contribution in [0.15, 0.2) is 18.3 Å². The standard InChI is InChI=1S/C26H32F3N7O3/c1-14(2)31-24-30-12-20-22(34-24)36(25(32-20)33-21-18(28)10-15(27)11-19(21)29)16-5-7-26(39,8-6-16)23(38)35-9-3-4-17(35)13-37/h10-12,14,16-17,37,39H,3-9,13H2,1-2H3,(H,32,33)(H,30,31,34)/t16-,17-,26-/m0/s1. The zero-order chi connectivity index (χ0) is 27.9. The molecule has 4 N–H and O–H groups in total. The lowest BCUT2D eigenvalue weighted by molar-refractivity contribution is -0.157. The van der Waals surface area contributed by atoms with Crippen molar-refractivity contribution in [3.8, 4) is 0 Å². The number of imidazole rings is 1. The molecule has 0 unspecified atom stereocenters. The normalized spacial score (nSPS) is 23.5. The fourth-order valence-corrected chi connectivity index (χ4v) is 5.54. The van der Waals surface area contributed by atoms with Gasteiger partial charge < -0.3 is 25.7 Å². The van der Waals surface area contributed by atoms with E-state index in [9.17, 15) is 28.2 Å². The number of rotatable bonds is 7. The summed E-state index contributed by atoms with van der Waals surface area (Å²) in [4.78, 5) is 28.1. The molecule has 210 valence electrons. The maximum atomic E-state index is 14.5.